The number of hydrogen-bond donors (Lipinski definition) is 1. The summed E-state index contributed by atoms with van der Waals surface area (Å²) in [5.41, 5.74) is 4.12. The van der Waals surface area contributed by atoms with Crippen molar-refractivity contribution in [3.05, 3.63) is 83.6 Å². The van der Waals surface area contributed by atoms with Crippen molar-refractivity contribution >= 4 is 22.5 Å². The molecule has 0 radical (unpaired) electrons. The van der Waals surface area contributed by atoms with Crippen LogP contribution in [0, 0.1) is 12.7 Å². The van der Waals surface area contributed by atoms with Gasteiger partial charge in [0.2, 0.25) is 0 Å². The summed E-state index contributed by atoms with van der Waals surface area (Å²) in [5.74, 6) is -0.585. The molecule has 0 unspecified atom stereocenters. The number of nitrogens with zero attached hydrogens (tertiary/aromatic N) is 3. The van der Waals surface area contributed by atoms with Gasteiger partial charge in [-0.25, -0.2) is 4.39 Å². The average Bonchev–Trinajstić information content (AvgIpc) is 3.21. The maximum absolute atomic E-state index is 13.5. The summed E-state index contributed by atoms with van der Waals surface area (Å²) in [7, 11) is 1.75. The van der Waals surface area contributed by atoms with Gasteiger partial charge in [-0.1, -0.05) is 24.3 Å². The summed E-state index contributed by atoms with van der Waals surface area (Å²) in [6, 6.07) is 14.4. The van der Waals surface area contributed by atoms with Crippen LogP contribution < -0.4 is 5.32 Å². The molecule has 0 saturated carbocycles. The molecule has 0 spiro atoms. The van der Waals surface area contributed by atoms with Gasteiger partial charge in [-0.15, -0.1) is 0 Å². The molecular formula is C21H19FN4O. The first-order chi connectivity index (χ1) is 13.0. The van der Waals surface area contributed by atoms with E-state index >= 15 is 0 Å². The van der Waals surface area contributed by atoms with Gasteiger partial charge >= 0.3 is 0 Å². The van der Waals surface area contributed by atoms with E-state index in [1.54, 1.807) is 40.8 Å². The topological polar surface area (TPSA) is 51.9 Å². The van der Waals surface area contributed by atoms with Gasteiger partial charge in [-0.05, 0) is 42.3 Å². The van der Waals surface area contributed by atoms with Gasteiger partial charge in [0.05, 0.1) is 23.9 Å². The molecule has 1 amide bonds. The Hall–Kier alpha value is -3.41. The molecule has 1 N–H and O–H groups in total. The van der Waals surface area contributed by atoms with E-state index < -0.39 is 0 Å². The molecule has 0 atom stereocenters. The second kappa shape index (κ2) is 6.72. The number of aromatic nitrogens is 3. The fraction of sp³-hybridized carbons (Fsp3) is 0.143. The minimum Gasteiger partial charge on any atom is -0.340 e. The Morgan fingerprint density at radius 3 is 2.81 bits per heavy atom. The minimum absolute atomic E-state index is 0.260. The van der Waals surface area contributed by atoms with Gasteiger partial charge in [-0.3, -0.25) is 9.48 Å². The number of amides is 1. The Morgan fingerprint density at radius 1 is 1.19 bits per heavy atom. The van der Waals surface area contributed by atoms with Crippen LogP contribution in [0.2, 0.25) is 0 Å². The Balaban J connectivity index is 1.53. The molecule has 5 nitrogen and oxygen atoms in total. The number of anilines is 1. The second-order valence-corrected chi connectivity index (χ2v) is 6.60. The van der Waals surface area contributed by atoms with E-state index in [1.807, 2.05) is 12.1 Å². The van der Waals surface area contributed by atoms with E-state index in [0.717, 1.165) is 5.39 Å². The zero-order valence-electron chi connectivity index (χ0n) is 15.1. The third kappa shape index (κ3) is 3.33. The highest BCUT2D eigenvalue weighted by molar-refractivity contribution is 6.06. The third-order valence-electron chi connectivity index (χ3n) is 4.72. The van der Waals surface area contributed by atoms with Crippen LogP contribution in [0.3, 0.4) is 0 Å². The van der Waals surface area contributed by atoms with Crippen LogP contribution in [0.4, 0.5) is 10.1 Å². The maximum atomic E-state index is 13.5. The first kappa shape index (κ1) is 17.0. The van der Waals surface area contributed by atoms with Gasteiger partial charge in [0.1, 0.15) is 11.5 Å². The van der Waals surface area contributed by atoms with Crippen LogP contribution in [0.25, 0.3) is 10.9 Å². The molecule has 4 aromatic rings. The molecular weight excluding hydrogens is 343 g/mol. The number of hydrogen-bond acceptors (Lipinski definition) is 2. The van der Waals surface area contributed by atoms with Gasteiger partial charge < -0.3 is 9.88 Å². The van der Waals surface area contributed by atoms with Crippen molar-refractivity contribution in [3.63, 3.8) is 0 Å². The number of carbonyl (C=O) groups is 1. The van der Waals surface area contributed by atoms with Crippen LogP contribution >= 0.6 is 0 Å². The second-order valence-electron chi connectivity index (χ2n) is 6.60. The van der Waals surface area contributed by atoms with Crippen LogP contribution in [0.15, 0.2) is 60.9 Å². The van der Waals surface area contributed by atoms with E-state index in [9.17, 15) is 9.18 Å². The number of benzene rings is 2. The monoisotopic (exact) mass is 362 g/mol. The Labute approximate surface area is 156 Å². The first-order valence-corrected chi connectivity index (χ1v) is 8.64. The molecule has 0 bridgehead atoms. The zero-order chi connectivity index (χ0) is 19.0. The molecule has 0 fully saturated rings. The van der Waals surface area contributed by atoms with Crippen molar-refractivity contribution in [1.29, 1.82) is 0 Å². The van der Waals surface area contributed by atoms with Crippen molar-refractivity contribution < 1.29 is 9.18 Å². The zero-order valence-corrected chi connectivity index (χ0v) is 15.1. The van der Waals surface area contributed by atoms with Crippen molar-refractivity contribution in [2.45, 2.75) is 13.5 Å². The van der Waals surface area contributed by atoms with Gasteiger partial charge in [0, 0.05) is 18.6 Å². The summed E-state index contributed by atoms with van der Waals surface area (Å²) >= 11 is 0. The summed E-state index contributed by atoms with van der Waals surface area (Å²) in [5, 5.41) is 8.00. The lowest BCUT2D eigenvalue weighted by Crippen LogP contribution is -2.15. The quantitative estimate of drug-likeness (QED) is 0.594. The Bertz CT molecular complexity index is 1140. The highest BCUT2D eigenvalue weighted by Crippen LogP contribution is 2.21. The van der Waals surface area contributed by atoms with Crippen molar-refractivity contribution in [2.24, 2.45) is 7.05 Å². The maximum Gasteiger partial charge on any atom is 0.272 e. The predicted molar refractivity (Wildman–Crippen MR) is 103 cm³/mol. The van der Waals surface area contributed by atoms with Crippen LogP contribution in [-0.2, 0) is 13.6 Å². The predicted octanol–water partition coefficient (Wildman–Crippen LogP) is 4.12. The molecule has 0 saturated heterocycles. The highest BCUT2D eigenvalue weighted by atomic mass is 19.1. The van der Waals surface area contributed by atoms with E-state index in [4.69, 9.17) is 0 Å². The standard InChI is InChI=1S/C21H19FN4O/c1-14-5-3-4-6-16(14)12-26-13-18(11-23-26)24-21(27)20-9-15-7-8-17(22)10-19(15)25(20)2/h3-11,13H,12H2,1-2H3,(H,24,27). The molecule has 27 heavy (non-hydrogen) atoms. The molecule has 2 aromatic heterocycles. The summed E-state index contributed by atoms with van der Waals surface area (Å²) in [4.78, 5) is 12.6. The number of halogens is 1. The van der Waals surface area contributed by atoms with Gasteiger partial charge in [-0.2, -0.15) is 5.10 Å². The number of rotatable bonds is 4. The molecule has 0 aliphatic heterocycles. The largest absolute Gasteiger partial charge is 0.340 e. The number of nitrogens with one attached hydrogen (secondary N) is 1. The molecule has 2 heterocycles. The molecule has 6 heteroatoms. The third-order valence-corrected chi connectivity index (χ3v) is 4.72. The normalized spacial score (nSPS) is 11.1. The summed E-state index contributed by atoms with van der Waals surface area (Å²) in [6.45, 7) is 2.69. The van der Waals surface area contributed by atoms with Crippen LogP contribution in [-0.4, -0.2) is 20.3 Å². The van der Waals surface area contributed by atoms with Gasteiger partial charge in [0.25, 0.3) is 5.91 Å². The lowest BCUT2D eigenvalue weighted by Gasteiger charge is -2.06. The lowest BCUT2D eigenvalue weighted by molar-refractivity contribution is 0.101. The SMILES string of the molecule is Cc1ccccc1Cn1cc(NC(=O)c2cc3ccc(F)cc3n2C)cn1. The number of fused-ring (bicyclic) bond motifs is 1. The molecule has 136 valence electrons. The molecule has 4 rings (SSSR count). The minimum atomic E-state index is -0.326. The molecule has 0 aliphatic carbocycles. The fourth-order valence-electron chi connectivity index (χ4n) is 3.19. The Kier molecular flexibility index (Phi) is 4.24. The van der Waals surface area contributed by atoms with Gasteiger partial charge in [0.15, 0.2) is 0 Å². The van der Waals surface area contributed by atoms with Crippen molar-refractivity contribution in [1.82, 2.24) is 14.3 Å². The van der Waals surface area contributed by atoms with Crippen LogP contribution in [0.1, 0.15) is 21.6 Å². The van der Waals surface area contributed by atoms with Crippen LogP contribution in [0.5, 0.6) is 0 Å². The van der Waals surface area contributed by atoms with Crippen molar-refractivity contribution in [3.8, 4) is 0 Å². The highest BCUT2D eigenvalue weighted by Gasteiger charge is 2.15. The Morgan fingerprint density at radius 2 is 2.00 bits per heavy atom. The first-order valence-electron chi connectivity index (χ1n) is 8.64. The van der Waals surface area contributed by atoms with Crippen molar-refractivity contribution in [2.75, 3.05) is 5.32 Å². The van der Waals surface area contributed by atoms with E-state index in [2.05, 4.69) is 29.5 Å². The fourth-order valence-corrected chi connectivity index (χ4v) is 3.19. The average molecular weight is 362 g/mol. The number of aryl methyl sites for hydroxylation is 2. The lowest BCUT2D eigenvalue weighted by atomic mass is 10.1. The van der Waals surface area contributed by atoms with E-state index in [0.29, 0.717) is 23.4 Å². The molecule has 0 aliphatic rings. The summed E-state index contributed by atoms with van der Waals surface area (Å²) < 4.78 is 16.9. The van der Waals surface area contributed by atoms with E-state index in [-0.39, 0.29) is 11.7 Å². The van der Waals surface area contributed by atoms with E-state index in [1.165, 1.54) is 23.3 Å². The smallest absolute Gasteiger partial charge is 0.272 e. The molecule has 2 aromatic carbocycles. The summed E-state index contributed by atoms with van der Waals surface area (Å²) in [6.07, 6.45) is 3.42. The number of carbonyl (C=O) groups excluding carboxylic acids is 1.